The second-order valence-electron chi connectivity index (χ2n) is 8.57. The molecule has 2 bridgehead atoms. The molecule has 5 heterocycles. The molecule has 5 heteroatoms. The standard InChI is InChI=1S/C25H23N3O2/c29-25-22(19-5-3-9-26-12-19)7-8-23-20-10-17(14-28(23)25)13-27(15-20)16-21-11-18-4-1-2-6-24(18)30-21/h1-9,11-12,17,20H,10,13-16H2/t17-,20+/m0/s1. The summed E-state index contributed by atoms with van der Waals surface area (Å²) in [5.74, 6) is 1.89. The molecule has 1 fully saturated rings. The zero-order valence-corrected chi connectivity index (χ0v) is 16.7. The molecule has 2 aliphatic rings. The van der Waals surface area contributed by atoms with Crippen molar-refractivity contribution in [3.63, 3.8) is 0 Å². The van der Waals surface area contributed by atoms with Crippen LogP contribution in [0.5, 0.6) is 0 Å². The minimum absolute atomic E-state index is 0.112. The van der Waals surface area contributed by atoms with Crippen molar-refractivity contribution in [3.05, 3.63) is 88.8 Å². The molecule has 0 spiro atoms. The van der Waals surface area contributed by atoms with E-state index in [1.165, 1.54) is 0 Å². The fourth-order valence-corrected chi connectivity index (χ4v) is 5.25. The molecule has 0 aliphatic carbocycles. The number of piperidine rings is 1. The number of fused-ring (bicyclic) bond motifs is 5. The van der Waals surface area contributed by atoms with Crippen molar-refractivity contribution >= 4 is 11.0 Å². The van der Waals surface area contributed by atoms with Crippen LogP contribution in [0, 0.1) is 5.92 Å². The number of furan rings is 1. The number of rotatable bonds is 3. The smallest absolute Gasteiger partial charge is 0.258 e. The minimum Gasteiger partial charge on any atom is -0.460 e. The van der Waals surface area contributed by atoms with E-state index in [0.29, 0.717) is 11.8 Å². The maximum Gasteiger partial charge on any atom is 0.258 e. The lowest BCUT2D eigenvalue weighted by Gasteiger charge is -2.42. The van der Waals surface area contributed by atoms with Crippen LogP contribution in [0.3, 0.4) is 0 Å². The van der Waals surface area contributed by atoms with Crippen molar-refractivity contribution in [2.75, 3.05) is 13.1 Å². The first-order valence-corrected chi connectivity index (χ1v) is 10.6. The van der Waals surface area contributed by atoms with Gasteiger partial charge in [-0.1, -0.05) is 24.3 Å². The monoisotopic (exact) mass is 397 g/mol. The van der Waals surface area contributed by atoms with Crippen LogP contribution < -0.4 is 5.56 Å². The summed E-state index contributed by atoms with van der Waals surface area (Å²) in [6.07, 6.45) is 4.66. The highest BCUT2D eigenvalue weighted by Gasteiger charge is 2.35. The van der Waals surface area contributed by atoms with Crippen LogP contribution in [0.15, 0.2) is 76.2 Å². The molecule has 3 aromatic heterocycles. The third-order valence-corrected chi connectivity index (χ3v) is 6.51. The topological polar surface area (TPSA) is 51.3 Å². The first-order valence-electron chi connectivity index (χ1n) is 10.6. The van der Waals surface area contributed by atoms with Crippen LogP contribution in [0.2, 0.25) is 0 Å². The van der Waals surface area contributed by atoms with E-state index in [2.05, 4.69) is 28.1 Å². The van der Waals surface area contributed by atoms with Crippen LogP contribution in [0.25, 0.3) is 22.1 Å². The van der Waals surface area contributed by atoms with Gasteiger partial charge in [0, 0.05) is 60.2 Å². The molecule has 0 unspecified atom stereocenters. The highest BCUT2D eigenvalue weighted by Crippen LogP contribution is 2.36. The van der Waals surface area contributed by atoms with Crippen LogP contribution in [0.1, 0.15) is 23.8 Å². The number of para-hydroxylation sites is 1. The molecule has 6 rings (SSSR count). The molecule has 150 valence electrons. The predicted octanol–water partition coefficient (Wildman–Crippen LogP) is 4.28. The molecule has 0 radical (unpaired) electrons. The Hall–Kier alpha value is -3.18. The molecule has 5 nitrogen and oxygen atoms in total. The lowest BCUT2D eigenvalue weighted by molar-refractivity contribution is 0.108. The second kappa shape index (κ2) is 6.96. The summed E-state index contributed by atoms with van der Waals surface area (Å²) in [4.78, 5) is 19.9. The first-order chi connectivity index (χ1) is 14.7. The summed E-state index contributed by atoms with van der Waals surface area (Å²) in [7, 11) is 0. The third-order valence-electron chi connectivity index (χ3n) is 6.51. The molecular formula is C25H23N3O2. The second-order valence-corrected chi connectivity index (χ2v) is 8.57. The summed E-state index contributed by atoms with van der Waals surface area (Å²) in [5.41, 5.74) is 3.86. The number of hydrogen-bond donors (Lipinski definition) is 0. The number of aromatic nitrogens is 2. The van der Waals surface area contributed by atoms with E-state index in [0.717, 1.165) is 66.2 Å². The van der Waals surface area contributed by atoms with E-state index in [9.17, 15) is 4.79 Å². The van der Waals surface area contributed by atoms with Gasteiger partial charge in [0.25, 0.3) is 5.56 Å². The van der Waals surface area contributed by atoms with Gasteiger partial charge in [0.1, 0.15) is 11.3 Å². The molecule has 4 aromatic rings. The Morgan fingerprint density at radius 1 is 1.03 bits per heavy atom. The summed E-state index contributed by atoms with van der Waals surface area (Å²) < 4.78 is 8.06. The van der Waals surface area contributed by atoms with Crippen molar-refractivity contribution in [3.8, 4) is 11.1 Å². The largest absolute Gasteiger partial charge is 0.460 e. The van der Waals surface area contributed by atoms with Crippen LogP contribution in [-0.2, 0) is 13.1 Å². The lowest BCUT2D eigenvalue weighted by atomic mass is 9.82. The fourth-order valence-electron chi connectivity index (χ4n) is 5.25. The lowest BCUT2D eigenvalue weighted by Crippen LogP contribution is -2.46. The van der Waals surface area contributed by atoms with Gasteiger partial charge >= 0.3 is 0 Å². The van der Waals surface area contributed by atoms with E-state index < -0.39 is 0 Å². The molecule has 0 saturated carbocycles. The Labute approximate surface area is 174 Å². The predicted molar refractivity (Wildman–Crippen MR) is 116 cm³/mol. The maximum absolute atomic E-state index is 13.2. The van der Waals surface area contributed by atoms with Crippen molar-refractivity contribution in [2.24, 2.45) is 5.92 Å². The van der Waals surface area contributed by atoms with Gasteiger partial charge in [0.05, 0.1) is 6.54 Å². The Morgan fingerprint density at radius 2 is 1.97 bits per heavy atom. The SMILES string of the molecule is O=c1c(-c2cccnc2)ccc2n1C[C@H]1C[C@@H]2CN(Cc2cc3ccccc3o2)C1. The summed E-state index contributed by atoms with van der Waals surface area (Å²) in [5, 5.41) is 1.16. The van der Waals surface area contributed by atoms with Gasteiger partial charge in [-0.05, 0) is 42.7 Å². The molecule has 1 aromatic carbocycles. The Bertz CT molecular complexity index is 1240. The maximum atomic E-state index is 13.2. The highest BCUT2D eigenvalue weighted by molar-refractivity contribution is 5.77. The zero-order valence-electron chi connectivity index (χ0n) is 16.7. The van der Waals surface area contributed by atoms with E-state index in [1.54, 1.807) is 12.4 Å². The van der Waals surface area contributed by atoms with Gasteiger partial charge in [0.2, 0.25) is 0 Å². The zero-order chi connectivity index (χ0) is 20.1. The number of hydrogen-bond acceptors (Lipinski definition) is 4. The van der Waals surface area contributed by atoms with Crippen LogP contribution in [-0.4, -0.2) is 27.5 Å². The van der Waals surface area contributed by atoms with E-state index in [4.69, 9.17) is 4.42 Å². The molecule has 2 atom stereocenters. The minimum atomic E-state index is 0.112. The normalized spacial score (nSPS) is 20.9. The summed E-state index contributed by atoms with van der Waals surface area (Å²) in [6, 6.07) is 18.3. The first kappa shape index (κ1) is 17.7. The number of benzene rings is 1. The average Bonchev–Trinajstić information content (AvgIpc) is 3.17. The fraction of sp³-hybridized carbons (Fsp3) is 0.280. The van der Waals surface area contributed by atoms with Gasteiger partial charge in [-0.2, -0.15) is 0 Å². The Kier molecular flexibility index (Phi) is 4.09. The molecule has 0 N–H and O–H groups in total. The average molecular weight is 397 g/mol. The summed E-state index contributed by atoms with van der Waals surface area (Å²) in [6.45, 7) is 3.56. The van der Waals surface area contributed by atoms with Gasteiger partial charge in [-0.3, -0.25) is 14.7 Å². The van der Waals surface area contributed by atoms with Gasteiger partial charge in [-0.15, -0.1) is 0 Å². The van der Waals surface area contributed by atoms with Crippen molar-refractivity contribution in [2.45, 2.75) is 25.4 Å². The van der Waals surface area contributed by atoms with Crippen molar-refractivity contribution < 1.29 is 4.42 Å². The number of nitrogens with zero attached hydrogens (tertiary/aromatic N) is 3. The highest BCUT2D eigenvalue weighted by atomic mass is 16.3. The molecule has 0 amide bonds. The molecular weight excluding hydrogens is 374 g/mol. The van der Waals surface area contributed by atoms with E-state index in [1.807, 2.05) is 41.0 Å². The molecule has 30 heavy (non-hydrogen) atoms. The van der Waals surface area contributed by atoms with Gasteiger partial charge < -0.3 is 8.98 Å². The van der Waals surface area contributed by atoms with Crippen LogP contribution in [0.4, 0.5) is 0 Å². The van der Waals surface area contributed by atoms with Crippen molar-refractivity contribution in [1.82, 2.24) is 14.5 Å². The number of likely N-dealkylation sites (tertiary alicyclic amines) is 1. The van der Waals surface area contributed by atoms with Gasteiger partial charge in [-0.25, -0.2) is 0 Å². The van der Waals surface area contributed by atoms with E-state index >= 15 is 0 Å². The van der Waals surface area contributed by atoms with Gasteiger partial charge in [0.15, 0.2) is 0 Å². The summed E-state index contributed by atoms with van der Waals surface area (Å²) >= 11 is 0. The van der Waals surface area contributed by atoms with E-state index in [-0.39, 0.29) is 5.56 Å². The number of pyridine rings is 2. The molecule has 1 saturated heterocycles. The quantitative estimate of drug-likeness (QED) is 0.518. The molecule has 2 aliphatic heterocycles. The Morgan fingerprint density at radius 3 is 2.83 bits per heavy atom. The third kappa shape index (κ3) is 2.97. The Balaban J connectivity index is 1.28. The van der Waals surface area contributed by atoms with Crippen LogP contribution >= 0.6 is 0 Å². The van der Waals surface area contributed by atoms with Crippen molar-refractivity contribution in [1.29, 1.82) is 0 Å².